The van der Waals surface area contributed by atoms with Crippen molar-refractivity contribution < 1.29 is 9.59 Å². The summed E-state index contributed by atoms with van der Waals surface area (Å²) in [7, 11) is 1.62. The van der Waals surface area contributed by atoms with Crippen LogP contribution < -0.4 is 5.32 Å². The van der Waals surface area contributed by atoms with Crippen LogP contribution in [0, 0.1) is 6.92 Å². The van der Waals surface area contributed by atoms with Gasteiger partial charge in [-0.25, -0.2) is 0 Å². The highest BCUT2D eigenvalue weighted by molar-refractivity contribution is 5.89. The van der Waals surface area contributed by atoms with Gasteiger partial charge < -0.3 is 10.2 Å². The number of carbonyl (C=O) groups excluding carboxylic acids is 2. The largest absolute Gasteiger partial charge is 0.357 e. The van der Waals surface area contributed by atoms with E-state index in [1.165, 1.54) is 10.8 Å². The third-order valence-corrected chi connectivity index (χ3v) is 5.72. The number of hydrogen-bond donors (Lipinski definition) is 1. The molecular formula is C26H30N2O2. The number of likely N-dealkylation sites (N-methyl/N-ethyl adjacent to an activating group) is 1. The molecule has 2 amide bonds. The van der Waals surface area contributed by atoms with E-state index in [4.69, 9.17) is 0 Å². The molecule has 0 aromatic heterocycles. The summed E-state index contributed by atoms with van der Waals surface area (Å²) in [5.41, 5.74) is 3.35. The van der Waals surface area contributed by atoms with Gasteiger partial charge in [0.15, 0.2) is 0 Å². The molecule has 0 radical (unpaired) electrons. The maximum absolute atomic E-state index is 13.3. The number of nitrogens with one attached hydrogen (secondary N) is 1. The third-order valence-electron chi connectivity index (χ3n) is 5.72. The van der Waals surface area contributed by atoms with Crippen molar-refractivity contribution >= 4 is 22.6 Å². The molecule has 4 nitrogen and oxygen atoms in total. The Labute approximate surface area is 178 Å². The summed E-state index contributed by atoms with van der Waals surface area (Å²) in [6.07, 6.45) is 1.59. The van der Waals surface area contributed by atoms with Crippen molar-refractivity contribution in [1.29, 1.82) is 0 Å². The molecule has 0 aliphatic carbocycles. The summed E-state index contributed by atoms with van der Waals surface area (Å²) in [6.45, 7) is 4.42. The lowest BCUT2D eigenvalue weighted by Gasteiger charge is -2.31. The van der Waals surface area contributed by atoms with Crippen LogP contribution in [0.1, 0.15) is 36.5 Å². The first-order valence-corrected chi connectivity index (χ1v) is 10.6. The Hall–Kier alpha value is -3.14. The van der Waals surface area contributed by atoms with Gasteiger partial charge in [-0.1, -0.05) is 73.7 Å². The Morgan fingerprint density at radius 1 is 0.933 bits per heavy atom. The molecule has 30 heavy (non-hydrogen) atoms. The minimum absolute atomic E-state index is 0.00152. The Bertz CT molecular complexity index is 1020. The van der Waals surface area contributed by atoms with Crippen molar-refractivity contribution in [1.82, 2.24) is 10.2 Å². The van der Waals surface area contributed by atoms with Crippen LogP contribution in [0.15, 0.2) is 66.7 Å². The first-order valence-electron chi connectivity index (χ1n) is 10.6. The predicted molar refractivity (Wildman–Crippen MR) is 122 cm³/mol. The quantitative estimate of drug-likeness (QED) is 0.597. The zero-order valence-electron chi connectivity index (χ0n) is 18.0. The second kappa shape index (κ2) is 10.1. The van der Waals surface area contributed by atoms with Crippen molar-refractivity contribution in [3.05, 3.63) is 83.4 Å². The maximum Gasteiger partial charge on any atom is 0.242 e. The van der Waals surface area contributed by atoms with Gasteiger partial charge in [0.2, 0.25) is 11.8 Å². The Morgan fingerprint density at radius 2 is 1.60 bits per heavy atom. The molecule has 3 rings (SSSR count). The summed E-state index contributed by atoms with van der Waals surface area (Å²) in [5.74, 6) is -0.119. The van der Waals surface area contributed by atoms with Gasteiger partial charge in [0, 0.05) is 20.0 Å². The fourth-order valence-corrected chi connectivity index (χ4v) is 3.95. The van der Waals surface area contributed by atoms with Crippen LogP contribution in [-0.4, -0.2) is 29.8 Å². The minimum Gasteiger partial charge on any atom is -0.357 e. The number of carbonyl (C=O) groups is 2. The summed E-state index contributed by atoms with van der Waals surface area (Å²) < 4.78 is 0. The fraction of sp³-hybridized carbons (Fsp3) is 0.308. The van der Waals surface area contributed by atoms with E-state index in [1.54, 1.807) is 11.9 Å². The lowest BCUT2D eigenvalue weighted by atomic mass is 10.00. The Morgan fingerprint density at radius 3 is 2.33 bits per heavy atom. The van der Waals surface area contributed by atoms with Gasteiger partial charge in [-0.05, 0) is 47.2 Å². The number of aryl methyl sites for hydroxylation is 2. The SMILES string of the molecule is CCC(C(=O)NC)N(Cc1ccccc1C)C(=O)CCc1cccc2ccccc12. The van der Waals surface area contributed by atoms with E-state index < -0.39 is 6.04 Å². The number of hydrogen-bond acceptors (Lipinski definition) is 2. The maximum atomic E-state index is 13.3. The van der Waals surface area contributed by atoms with E-state index in [-0.39, 0.29) is 11.8 Å². The number of rotatable bonds is 8. The topological polar surface area (TPSA) is 49.4 Å². The highest BCUT2D eigenvalue weighted by Gasteiger charge is 2.28. The van der Waals surface area contributed by atoms with Gasteiger partial charge in [-0.3, -0.25) is 9.59 Å². The predicted octanol–water partition coefficient (Wildman–Crippen LogP) is 4.63. The number of amides is 2. The molecule has 1 atom stereocenters. The van der Waals surface area contributed by atoms with Crippen molar-refractivity contribution in [2.45, 2.75) is 45.7 Å². The molecule has 3 aromatic rings. The Balaban J connectivity index is 1.83. The molecule has 0 bridgehead atoms. The second-order valence-electron chi connectivity index (χ2n) is 7.62. The van der Waals surface area contributed by atoms with Crippen LogP contribution >= 0.6 is 0 Å². The van der Waals surface area contributed by atoms with Crippen molar-refractivity contribution in [2.24, 2.45) is 0 Å². The number of fused-ring (bicyclic) bond motifs is 1. The third kappa shape index (κ3) is 4.88. The smallest absolute Gasteiger partial charge is 0.242 e. The van der Waals surface area contributed by atoms with Crippen LogP contribution in [0.25, 0.3) is 10.8 Å². The molecule has 3 aromatic carbocycles. The fourth-order valence-electron chi connectivity index (χ4n) is 3.95. The molecule has 0 saturated heterocycles. The number of nitrogens with zero attached hydrogens (tertiary/aromatic N) is 1. The van der Waals surface area contributed by atoms with Gasteiger partial charge in [-0.2, -0.15) is 0 Å². The highest BCUT2D eigenvalue weighted by atomic mass is 16.2. The molecule has 0 fully saturated rings. The summed E-state index contributed by atoms with van der Waals surface area (Å²) in [5, 5.41) is 5.07. The first kappa shape index (κ1) is 21.6. The molecule has 0 spiro atoms. The molecule has 0 aliphatic rings. The van der Waals surface area contributed by atoms with Crippen molar-refractivity contribution in [3.63, 3.8) is 0 Å². The zero-order valence-corrected chi connectivity index (χ0v) is 18.0. The van der Waals surface area contributed by atoms with Gasteiger partial charge in [-0.15, -0.1) is 0 Å². The molecule has 1 N–H and O–H groups in total. The van der Waals surface area contributed by atoms with Gasteiger partial charge in [0.05, 0.1) is 0 Å². The summed E-state index contributed by atoms with van der Waals surface area (Å²) in [4.78, 5) is 27.6. The monoisotopic (exact) mass is 402 g/mol. The van der Waals surface area contributed by atoms with E-state index in [1.807, 2.05) is 56.3 Å². The van der Waals surface area contributed by atoms with Crippen LogP contribution in [-0.2, 0) is 22.6 Å². The van der Waals surface area contributed by atoms with Crippen LogP contribution in [0.4, 0.5) is 0 Å². The normalized spacial score (nSPS) is 11.8. The molecule has 1 unspecified atom stereocenters. The lowest BCUT2D eigenvalue weighted by molar-refractivity contribution is -0.141. The van der Waals surface area contributed by atoms with E-state index in [0.29, 0.717) is 25.8 Å². The molecule has 0 saturated carbocycles. The van der Waals surface area contributed by atoms with Crippen LogP contribution in [0.3, 0.4) is 0 Å². The first-order chi connectivity index (χ1) is 14.5. The summed E-state index contributed by atoms with van der Waals surface area (Å²) in [6, 6.07) is 22.0. The minimum atomic E-state index is -0.477. The van der Waals surface area contributed by atoms with Crippen molar-refractivity contribution in [2.75, 3.05) is 7.05 Å². The van der Waals surface area contributed by atoms with Crippen molar-refractivity contribution in [3.8, 4) is 0 Å². The second-order valence-corrected chi connectivity index (χ2v) is 7.62. The Kier molecular flexibility index (Phi) is 7.23. The van der Waals surface area contributed by atoms with Crippen LogP contribution in [0.5, 0.6) is 0 Å². The van der Waals surface area contributed by atoms with Gasteiger partial charge >= 0.3 is 0 Å². The lowest BCUT2D eigenvalue weighted by Crippen LogP contribution is -2.48. The molecule has 0 heterocycles. The van der Waals surface area contributed by atoms with Gasteiger partial charge in [0.25, 0.3) is 0 Å². The molecule has 4 heteroatoms. The molecule has 156 valence electrons. The number of benzene rings is 3. The van der Waals surface area contributed by atoms with E-state index >= 15 is 0 Å². The average molecular weight is 403 g/mol. The standard InChI is InChI=1S/C26H30N2O2/c1-4-24(26(30)27-3)28(18-22-12-6-5-10-19(22)2)25(29)17-16-21-14-9-13-20-11-7-8-15-23(20)21/h5-15,24H,4,16-18H2,1-3H3,(H,27,30). The van der Waals surface area contributed by atoms with Crippen LogP contribution in [0.2, 0.25) is 0 Å². The van der Waals surface area contributed by atoms with E-state index in [2.05, 4.69) is 29.6 Å². The van der Waals surface area contributed by atoms with E-state index in [9.17, 15) is 9.59 Å². The van der Waals surface area contributed by atoms with E-state index in [0.717, 1.165) is 16.7 Å². The van der Waals surface area contributed by atoms with Gasteiger partial charge in [0.1, 0.15) is 6.04 Å². The highest BCUT2D eigenvalue weighted by Crippen LogP contribution is 2.21. The molecule has 0 aliphatic heterocycles. The molecular weight excluding hydrogens is 372 g/mol. The summed E-state index contributed by atoms with van der Waals surface area (Å²) >= 11 is 0. The zero-order chi connectivity index (χ0) is 21.5. The average Bonchev–Trinajstić information content (AvgIpc) is 2.78.